The van der Waals surface area contributed by atoms with Gasteiger partial charge in [-0.2, -0.15) is 5.26 Å². The van der Waals surface area contributed by atoms with E-state index < -0.39 is 18.1 Å². The van der Waals surface area contributed by atoms with E-state index in [1.807, 2.05) is 54.3 Å². The minimum Gasteiger partial charge on any atom is -0.488 e. The van der Waals surface area contributed by atoms with Crippen LogP contribution in [0.4, 0.5) is 0 Å². The summed E-state index contributed by atoms with van der Waals surface area (Å²) in [6.07, 6.45) is 5.56. The number of aromatic nitrogens is 1. The molecule has 12 heteroatoms. The van der Waals surface area contributed by atoms with Gasteiger partial charge in [-0.3, -0.25) is 19.5 Å². The zero-order chi connectivity index (χ0) is 36.6. The molecule has 2 saturated heterocycles. The molecular weight excluding hydrogens is 684 g/mol. The number of carbonyl (C=O) groups excluding carboxylic acids is 1. The maximum atomic E-state index is 12.5. The number of amides is 1. The maximum Gasteiger partial charge on any atom is 0.320 e. The van der Waals surface area contributed by atoms with Gasteiger partial charge in [0, 0.05) is 49.2 Å². The molecule has 3 heterocycles. The van der Waals surface area contributed by atoms with Crippen molar-refractivity contribution < 1.29 is 34.0 Å². The zero-order valence-corrected chi connectivity index (χ0v) is 29.7. The molecule has 0 aliphatic carbocycles. The highest BCUT2D eigenvalue weighted by Gasteiger charge is 2.29. The molecule has 0 radical (unpaired) electrons. The van der Waals surface area contributed by atoms with E-state index in [1.165, 1.54) is 6.20 Å². The summed E-state index contributed by atoms with van der Waals surface area (Å²) in [7, 11) is 0. The quantitative estimate of drug-likeness (QED) is 0.165. The number of carboxylic acid groups (broad SMARTS) is 1. The van der Waals surface area contributed by atoms with Crippen LogP contribution < -0.4 is 14.2 Å². The van der Waals surface area contributed by atoms with Gasteiger partial charge < -0.3 is 29.3 Å². The largest absolute Gasteiger partial charge is 0.488 e. The third-order valence-corrected chi connectivity index (χ3v) is 9.85. The van der Waals surface area contributed by atoms with Crippen molar-refractivity contribution in [3.63, 3.8) is 0 Å². The first kappa shape index (κ1) is 36.6. The number of halogens is 1. The number of aliphatic hydroxyl groups is 1. The van der Waals surface area contributed by atoms with Crippen molar-refractivity contribution in [3.05, 3.63) is 106 Å². The maximum absolute atomic E-state index is 12.5. The van der Waals surface area contributed by atoms with Crippen molar-refractivity contribution >= 4 is 23.5 Å². The molecule has 0 bridgehead atoms. The van der Waals surface area contributed by atoms with E-state index in [4.69, 9.17) is 25.8 Å². The Morgan fingerprint density at radius 1 is 0.962 bits per heavy atom. The summed E-state index contributed by atoms with van der Waals surface area (Å²) >= 11 is 6.81. The van der Waals surface area contributed by atoms with Gasteiger partial charge in [0.25, 0.3) is 5.91 Å². The van der Waals surface area contributed by atoms with Gasteiger partial charge >= 0.3 is 5.97 Å². The molecule has 2 aliphatic rings. The van der Waals surface area contributed by atoms with Crippen LogP contribution in [0.2, 0.25) is 5.02 Å². The molecule has 2 aliphatic heterocycles. The van der Waals surface area contributed by atoms with Crippen LogP contribution >= 0.6 is 11.6 Å². The van der Waals surface area contributed by atoms with Gasteiger partial charge in [0.15, 0.2) is 6.61 Å². The van der Waals surface area contributed by atoms with Crippen molar-refractivity contribution in [1.29, 1.82) is 5.26 Å². The molecule has 2 N–H and O–H groups in total. The second-order valence-corrected chi connectivity index (χ2v) is 13.6. The molecule has 6 rings (SSSR count). The number of piperidine rings is 1. The fraction of sp³-hybridized carbons (Fsp3) is 0.350. The van der Waals surface area contributed by atoms with Crippen LogP contribution in [0.3, 0.4) is 0 Å². The zero-order valence-electron chi connectivity index (χ0n) is 29.0. The van der Waals surface area contributed by atoms with Crippen LogP contribution in [0.25, 0.3) is 11.1 Å². The monoisotopic (exact) mass is 724 g/mol. The Bertz CT molecular complexity index is 1960. The lowest BCUT2D eigenvalue weighted by Gasteiger charge is -2.33. The lowest BCUT2D eigenvalue weighted by atomic mass is 9.96. The SMILES string of the molecule is Cc1c(COc2cc(OCc3cncc(C#N)c3)c(CN3CCCCC3C(=O)O)cc2Cl)cccc1-c1cccc(OCC(=O)N2CCC(O)C2)c1. The van der Waals surface area contributed by atoms with Gasteiger partial charge in [0.05, 0.1) is 16.7 Å². The van der Waals surface area contributed by atoms with Gasteiger partial charge in [0.1, 0.15) is 42.6 Å². The summed E-state index contributed by atoms with van der Waals surface area (Å²) < 4.78 is 18.4. The Morgan fingerprint density at radius 3 is 2.58 bits per heavy atom. The van der Waals surface area contributed by atoms with E-state index in [0.717, 1.165) is 40.7 Å². The van der Waals surface area contributed by atoms with E-state index in [0.29, 0.717) is 72.4 Å². The summed E-state index contributed by atoms with van der Waals surface area (Å²) in [5.74, 6) is 0.476. The van der Waals surface area contributed by atoms with Gasteiger partial charge in [0.2, 0.25) is 0 Å². The highest BCUT2D eigenvalue weighted by molar-refractivity contribution is 6.32. The first-order valence-electron chi connectivity index (χ1n) is 17.3. The fourth-order valence-electron chi connectivity index (χ4n) is 6.68. The predicted octanol–water partition coefficient (Wildman–Crippen LogP) is 6.15. The van der Waals surface area contributed by atoms with Gasteiger partial charge in [-0.05, 0) is 79.3 Å². The molecule has 11 nitrogen and oxygen atoms in total. The van der Waals surface area contributed by atoms with Crippen molar-refractivity contribution in [1.82, 2.24) is 14.8 Å². The van der Waals surface area contributed by atoms with Crippen molar-refractivity contribution in [3.8, 4) is 34.4 Å². The van der Waals surface area contributed by atoms with Crippen LogP contribution in [0, 0.1) is 18.3 Å². The number of carboxylic acids is 1. The molecule has 1 amide bonds. The van der Waals surface area contributed by atoms with Gasteiger partial charge in [-0.1, -0.05) is 48.4 Å². The molecule has 0 saturated carbocycles. The number of benzene rings is 3. The summed E-state index contributed by atoms with van der Waals surface area (Å²) in [5, 5.41) is 29.3. The van der Waals surface area contributed by atoms with Crippen molar-refractivity contribution in [2.24, 2.45) is 0 Å². The topological polar surface area (TPSA) is 145 Å². The van der Waals surface area contributed by atoms with Crippen molar-refractivity contribution in [2.45, 2.75) is 64.5 Å². The normalized spacial score (nSPS) is 17.4. The van der Waals surface area contributed by atoms with E-state index in [9.17, 15) is 25.1 Å². The van der Waals surface area contributed by atoms with Crippen LogP contribution in [0.1, 0.15) is 53.5 Å². The fourth-order valence-corrected chi connectivity index (χ4v) is 6.92. The number of hydrogen-bond donors (Lipinski definition) is 2. The number of aliphatic carboxylic acids is 1. The molecule has 0 spiro atoms. The third-order valence-electron chi connectivity index (χ3n) is 9.56. The van der Waals surface area contributed by atoms with E-state index in [1.54, 1.807) is 29.3 Å². The Hall–Kier alpha value is -5.15. The number of aliphatic hydroxyl groups excluding tert-OH is 1. The number of β-amino-alcohol motifs (C(OH)–C–C–N with tert-alkyl or cyclic N) is 1. The first-order chi connectivity index (χ1) is 25.2. The third kappa shape index (κ3) is 9.01. The molecule has 4 aromatic rings. The minimum atomic E-state index is -0.849. The van der Waals surface area contributed by atoms with Gasteiger partial charge in [-0.15, -0.1) is 0 Å². The van der Waals surface area contributed by atoms with E-state index >= 15 is 0 Å². The molecule has 2 atom stereocenters. The van der Waals surface area contributed by atoms with E-state index in [-0.39, 0.29) is 25.7 Å². The number of likely N-dealkylation sites (tertiary alicyclic amines) is 2. The average Bonchev–Trinajstić information content (AvgIpc) is 3.60. The molecule has 2 fully saturated rings. The van der Waals surface area contributed by atoms with Crippen molar-refractivity contribution in [2.75, 3.05) is 26.2 Å². The molecule has 270 valence electrons. The highest BCUT2D eigenvalue weighted by atomic mass is 35.5. The Kier molecular flexibility index (Phi) is 11.9. The van der Waals surface area contributed by atoms with Crippen LogP contribution in [0.15, 0.2) is 73.1 Å². The summed E-state index contributed by atoms with van der Waals surface area (Å²) in [5.41, 5.74) is 5.70. The minimum absolute atomic E-state index is 0.102. The molecule has 1 aromatic heterocycles. The Morgan fingerprint density at radius 2 is 1.79 bits per heavy atom. The molecule has 3 aromatic carbocycles. The highest BCUT2D eigenvalue weighted by Crippen LogP contribution is 2.36. The number of nitrogens with zero attached hydrogens (tertiary/aromatic N) is 4. The number of carbonyl (C=O) groups is 2. The predicted molar refractivity (Wildman–Crippen MR) is 194 cm³/mol. The first-order valence-corrected chi connectivity index (χ1v) is 17.7. The number of ether oxygens (including phenoxy) is 3. The average molecular weight is 725 g/mol. The number of nitriles is 1. The summed E-state index contributed by atoms with van der Waals surface area (Å²) in [6, 6.07) is 20.3. The lowest BCUT2D eigenvalue weighted by molar-refractivity contribution is -0.144. The van der Waals surface area contributed by atoms with Crippen LogP contribution in [0.5, 0.6) is 17.2 Å². The molecular formula is C40H41ClN4O7. The Labute approximate surface area is 307 Å². The summed E-state index contributed by atoms with van der Waals surface area (Å²) in [6.45, 7) is 4.11. The van der Waals surface area contributed by atoms with Gasteiger partial charge in [-0.25, -0.2) is 0 Å². The molecule has 2 unspecified atom stereocenters. The van der Waals surface area contributed by atoms with E-state index in [2.05, 4.69) is 11.1 Å². The number of rotatable bonds is 13. The standard InChI is InChI=1S/C40H41ClN4O7/c1-26-30(7-5-9-34(26)29-6-4-8-33(15-29)50-25-39(47)45-13-11-32(46)22-45)24-52-38-17-37(51-23-28-14-27(18-42)19-43-20-28)31(16-35(38)41)21-44-12-3-2-10-36(44)40(48)49/h4-9,14-17,19-20,32,36,46H,2-3,10-13,21-25H2,1H3,(H,48,49). The summed E-state index contributed by atoms with van der Waals surface area (Å²) in [4.78, 5) is 32.3. The number of pyridine rings is 1. The second kappa shape index (κ2) is 16.9. The second-order valence-electron chi connectivity index (χ2n) is 13.2. The number of hydrogen-bond acceptors (Lipinski definition) is 9. The molecule has 52 heavy (non-hydrogen) atoms. The lowest BCUT2D eigenvalue weighted by Crippen LogP contribution is -2.44. The smallest absolute Gasteiger partial charge is 0.320 e. The van der Waals surface area contributed by atoms with Crippen LogP contribution in [-0.4, -0.2) is 75.3 Å². The van der Waals surface area contributed by atoms with Crippen LogP contribution in [-0.2, 0) is 29.3 Å². The Balaban J connectivity index is 1.19.